The van der Waals surface area contributed by atoms with Gasteiger partial charge in [-0.1, -0.05) is 6.07 Å². The lowest BCUT2D eigenvalue weighted by Gasteiger charge is -2.11. The standard InChI is InChI=1S/C23H21NO8S/c1-4-31-20(25)13-24-21(26)19(33-23(24)28)12-14-5-10-17(30-3)18(11-14)32-22(27)15-6-8-16(29-2)9-7-15/h5-12H,4,13H2,1-3H3/b19-12-. The number of benzene rings is 2. The molecule has 0 spiro atoms. The van der Waals surface area contributed by atoms with Crippen LogP contribution < -0.4 is 14.2 Å². The lowest BCUT2D eigenvalue weighted by atomic mass is 10.1. The molecule has 0 atom stereocenters. The number of nitrogens with zero attached hydrogens (tertiary/aromatic N) is 1. The number of carbonyl (C=O) groups excluding carboxylic acids is 4. The molecule has 33 heavy (non-hydrogen) atoms. The molecular formula is C23H21NO8S. The fourth-order valence-electron chi connectivity index (χ4n) is 2.87. The molecule has 10 heteroatoms. The number of amides is 2. The Kier molecular flexibility index (Phi) is 7.73. The Morgan fingerprint density at radius 3 is 2.36 bits per heavy atom. The number of ether oxygens (including phenoxy) is 4. The largest absolute Gasteiger partial charge is 0.497 e. The molecule has 0 aliphatic carbocycles. The van der Waals surface area contributed by atoms with Crippen LogP contribution in [0.2, 0.25) is 0 Å². The first-order valence-electron chi connectivity index (χ1n) is 9.81. The molecule has 0 radical (unpaired) electrons. The van der Waals surface area contributed by atoms with E-state index in [-0.39, 0.29) is 17.3 Å². The van der Waals surface area contributed by atoms with Gasteiger partial charge >= 0.3 is 11.9 Å². The summed E-state index contributed by atoms with van der Waals surface area (Å²) in [6.45, 7) is 1.33. The second-order valence-electron chi connectivity index (χ2n) is 6.60. The van der Waals surface area contributed by atoms with Crippen LogP contribution in [0.4, 0.5) is 4.79 Å². The summed E-state index contributed by atoms with van der Waals surface area (Å²) >= 11 is 0.707. The fraction of sp³-hybridized carbons (Fsp3) is 0.217. The van der Waals surface area contributed by atoms with E-state index in [1.54, 1.807) is 43.3 Å². The average Bonchev–Trinajstić information content (AvgIpc) is 3.06. The molecule has 2 amide bonds. The van der Waals surface area contributed by atoms with Gasteiger partial charge in [-0.15, -0.1) is 0 Å². The minimum absolute atomic E-state index is 0.127. The molecule has 172 valence electrons. The fourth-order valence-corrected chi connectivity index (χ4v) is 3.71. The number of imide groups is 1. The van der Waals surface area contributed by atoms with Crippen LogP contribution in [0.1, 0.15) is 22.8 Å². The zero-order valence-corrected chi connectivity index (χ0v) is 19.0. The second kappa shape index (κ2) is 10.7. The highest BCUT2D eigenvalue weighted by Crippen LogP contribution is 2.34. The van der Waals surface area contributed by atoms with Crippen molar-refractivity contribution >= 4 is 40.9 Å². The zero-order chi connectivity index (χ0) is 24.0. The van der Waals surface area contributed by atoms with Crippen LogP contribution in [0.15, 0.2) is 47.4 Å². The maximum atomic E-state index is 12.6. The molecule has 9 nitrogen and oxygen atoms in total. The monoisotopic (exact) mass is 471 g/mol. The SMILES string of the molecule is CCOC(=O)CN1C(=O)S/C(=C\c2ccc(OC)c(OC(=O)c3ccc(OC)cc3)c2)C1=O. The summed E-state index contributed by atoms with van der Waals surface area (Å²) < 4.78 is 20.6. The van der Waals surface area contributed by atoms with Crippen LogP contribution in [0.25, 0.3) is 6.08 Å². The van der Waals surface area contributed by atoms with Gasteiger partial charge in [-0.05, 0) is 66.7 Å². The second-order valence-corrected chi connectivity index (χ2v) is 7.59. The minimum Gasteiger partial charge on any atom is -0.497 e. The summed E-state index contributed by atoms with van der Waals surface area (Å²) in [5.74, 6) is -0.836. The predicted octanol–water partition coefficient (Wildman–Crippen LogP) is 3.52. The Bertz CT molecular complexity index is 1110. The third kappa shape index (κ3) is 5.72. The summed E-state index contributed by atoms with van der Waals surface area (Å²) in [4.78, 5) is 49.9. The Balaban J connectivity index is 1.80. The molecule has 1 saturated heterocycles. The topological polar surface area (TPSA) is 108 Å². The Morgan fingerprint density at radius 1 is 1.00 bits per heavy atom. The van der Waals surface area contributed by atoms with Gasteiger partial charge in [-0.3, -0.25) is 19.3 Å². The highest BCUT2D eigenvalue weighted by atomic mass is 32.2. The van der Waals surface area contributed by atoms with Crippen LogP contribution in [-0.2, 0) is 14.3 Å². The summed E-state index contributed by atoms with van der Waals surface area (Å²) in [6, 6.07) is 11.1. The van der Waals surface area contributed by atoms with E-state index in [0.29, 0.717) is 34.4 Å². The smallest absolute Gasteiger partial charge is 0.343 e. The molecule has 3 rings (SSSR count). The maximum Gasteiger partial charge on any atom is 0.343 e. The Morgan fingerprint density at radius 2 is 1.73 bits per heavy atom. The molecule has 1 fully saturated rings. The number of hydrogen-bond donors (Lipinski definition) is 0. The number of esters is 2. The van der Waals surface area contributed by atoms with Gasteiger partial charge < -0.3 is 18.9 Å². The van der Waals surface area contributed by atoms with E-state index in [1.807, 2.05) is 0 Å². The molecule has 1 heterocycles. The third-order valence-electron chi connectivity index (χ3n) is 4.48. The lowest BCUT2D eigenvalue weighted by molar-refractivity contribution is -0.145. The number of rotatable bonds is 8. The zero-order valence-electron chi connectivity index (χ0n) is 18.2. The molecule has 0 saturated carbocycles. The molecule has 2 aromatic carbocycles. The van der Waals surface area contributed by atoms with E-state index in [9.17, 15) is 19.2 Å². The molecule has 1 aliphatic rings. The van der Waals surface area contributed by atoms with Gasteiger partial charge in [0.15, 0.2) is 11.5 Å². The van der Waals surface area contributed by atoms with Crippen molar-refractivity contribution in [3.8, 4) is 17.2 Å². The van der Waals surface area contributed by atoms with Crippen LogP contribution in [0.5, 0.6) is 17.2 Å². The highest BCUT2D eigenvalue weighted by Gasteiger charge is 2.36. The van der Waals surface area contributed by atoms with E-state index in [2.05, 4.69) is 0 Å². The van der Waals surface area contributed by atoms with Gasteiger partial charge in [0, 0.05) is 0 Å². The average molecular weight is 471 g/mol. The molecule has 2 aromatic rings. The van der Waals surface area contributed by atoms with Gasteiger partial charge in [-0.25, -0.2) is 4.79 Å². The van der Waals surface area contributed by atoms with Gasteiger partial charge in [0.2, 0.25) is 0 Å². The summed E-state index contributed by atoms with van der Waals surface area (Å²) in [7, 11) is 2.95. The van der Waals surface area contributed by atoms with Crippen molar-refractivity contribution in [3.63, 3.8) is 0 Å². The first-order chi connectivity index (χ1) is 15.9. The molecule has 0 bridgehead atoms. The Hall–Kier alpha value is -3.79. The first-order valence-corrected chi connectivity index (χ1v) is 10.6. The number of hydrogen-bond acceptors (Lipinski definition) is 9. The van der Waals surface area contributed by atoms with Crippen molar-refractivity contribution in [1.29, 1.82) is 0 Å². The van der Waals surface area contributed by atoms with Crippen LogP contribution in [0, 0.1) is 0 Å². The van der Waals surface area contributed by atoms with Crippen molar-refractivity contribution in [2.45, 2.75) is 6.92 Å². The van der Waals surface area contributed by atoms with Crippen molar-refractivity contribution in [1.82, 2.24) is 4.90 Å². The van der Waals surface area contributed by atoms with E-state index >= 15 is 0 Å². The van der Waals surface area contributed by atoms with Crippen LogP contribution in [0.3, 0.4) is 0 Å². The molecule has 0 aromatic heterocycles. The van der Waals surface area contributed by atoms with Gasteiger partial charge in [-0.2, -0.15) is 0 Å². The van der Waals surface area contributed by atoms with Gasteiger partial charge in [0.1, 0.15) is 12.3 Å². The van der Waals surface area contributed by atoms with E-state index in [0.717, 1.165) is 4.90 Å². The summed E-state index contributed by atoms with van der Waals surface area (Å²) in [5, 5.41) is -0.570. The quantitative estimate of drug-likeness (QED) is 0.324. The predicted molar refractivity (Wildman–Crippen MR) is 120 cm³/mol. The number of carbonyl (C=O) groups is 4. The number of thioether (sulfide) groups is 1. The maximum absolute atomic E-state index is 12.6. The van der Waals surface area contributed by atoms with E-state index < -0.39 is 29.6 Å². The molecule has 0 N–H and O–H groups in total. The first kappa shape index (κ1) is 23.9. The molecular weight excluding hydrogens is 450 g/mol. The van der Waals surface area contributed by atoms with Crippen molar-refractivity contribution < 1.29 is 38.1 Å². The molecule has 0 unspecified atom stereocenters. The van der Waals surface area contributed by atoms with Crippen LogP contribution >= 0.6 is 11.8 Å². The van der Waals surface area contributed by atoms with Crippen molar-refractivity contribution in [2.24, 2.45) is 0 Å². The van der Waals surface area contributed by atoms with Crippen molar-refractivity contribution in [3.05, 3.63) is 58.5 Å². The van der Waals surface area contributed by atoms with Gasteiger partial charge in [0.25, 0.3) is 11.1 Å². The normalized spacial score (nSPS) is 14.4. The summed E-state index contributed by atoms with van der Waals surface area (Å²) in [6.07, 6.45) is 1.47. The summed E-state index contributed by atoms with van der Waals surface area (Å²) in [5.41, 5.74) is 0.804. The number of methoxy groups -OCH3 is 2. The van der Waals surface area contributed by atoms with Crippen LogP contribution in [-0.4, -0.2) is 55.4 Å². The molecule has 1 aliphatic heterocycles. The van der Waals surface area contributed by atoms with Crippen molar-refractivity contribution in [2.75, 3.05) is 27.4 Å². The lowest BCUT2D eigenvalue weighted by Crippen LogP contribution is -2.34. The van der Waals surface area contributed by atoms with Gasteiger partial charge in [0.05, 0.1) is 31.3 Å². The van der Waals surface area contributed by atoms with E-state index in [1.165, 1.54) is 26.4 Å². The van der Waals surface area contributed by atoms with E-state index in [4.69, 9.17) is 18.9 Å². The highest BCUT2D eigenvalue weighted by molar-refractivity contribution is 8.18. The minimum atomic E-state index is -0.668. The Labute approximate surface area is 194 Å². The third-order valence-corrected chi connectivity index (χ3v) is 5.39.